The van der Waals surface area contributed by atoms with Crippen LogP contribution in [0, 0.1) is 0 Å². The fourth-order valence-corrected chi connectivity index (χ4v) is 0.261. The van der Waals surface area contributed by atoms with E-state index >= 15 is 0 Å². The van der Waals surface area contributed by atoms with Crippen LogP contribution in [0.3, 0.4) is 0 Å². The highest BCUT2D eigenvalue weighted by atomic mass is 16.1. The van der Waals surface area contributed by atoms with Gasteiger partial charge >= 0.3 is 0 Å². The van der Waals surface area contributed by atoms with Gasteiger partial charge in [-0.05, 0) is 18.4 Å². The largest absolute Gasteiger partial charge is 0.394 e. The molecule has 0 saturated carbocycles. The number of allylic oxidation sites excluding steroid dienone is 3. The van der Waals surface area contributed by atoms with Crippen LogP contribution in [0.1, 0.15) is 0 Å². The lowest BCUT2D eigenvalue weighted by atomic mass is 10.5. The molecular weight excluding hydrogens is 102 g/mol. The molecule has 8 heavy (non-hydrogen) atoms. The van der Waals surface area contributed by atoms with Crippen LogP contribution in [0.5, 0.6) is 0 Å². The van der Waals surface area contributed by atoms with E-state index in [1.807, 2.05) is 0 Å². The molecule has 1 N–H and O–H groups in total. The van der Waals surface area contributed by atoms with Crippen molar-refractivity contribution < 1.29 is 4.79 Å². The van der Waals surface area contributed by atoms with Crippen LogP contribution < -0.4 is 5.32 Å². The van der Waals surface area contributed by atoms with Crippen molar-refractivity contribution in [2.45, 2.75) is 0 Å². The van der Waals surface area contributed by atoms with Crippen LogP contribution >= 0.6 is 0 Å². The maximum atomic E-state index is 9.63. The lowest BCUT2D eigenvalue weighted by Crippen LogP contribution is -1.89. The lowest BCUT2D eigenvalue weighted by molar-refractivity contribution is -0.104. The first-order valence-corrected chi connectivity index (χ1v) is 2.36. The first-order chi connectivity index (χ1) is 3.91. The normalized spacial score (nSPS) is 10.6. The predicted octanol–water partition coefficient (Wildman–Crippen LogP) is 0.475. The Bertz CT molecular complexity index is 105. The van der Waals surface area contributed by atoms with Crippen molar-refractivity contribution >= 4 is 6.29 Å². The molecule has 0 radical (unpaired) electrons. The number of nitrogens with one attached hydrogen (secondary N) is 1. The molecule has 0 rings (SSSR count). The van der Waals surface area contributed by atoms with Gasteiger partial charge in [0.05, 0.1) is 0 Å². The highest BCUT2D eigenvalue weighted by Crippen LogP contribution is 1.68. The molecule has 0 amide bonds. The van der Waals surface area contributed by atoms with Gasteiger partial charge in [0.1, 0.15) is 6.29 Å². The predicted molar refractivity (Wildman–Crippen MR) is 33.4 cm³/mol. The van der Waals surface area contributed by atoms with E-state index in [-0.39, 0.29) is 0 Å². The van der Waals surface area contributed by atoms with Gasteiger partial charge in [-0.1, -0.05) is 6.08 Å². The Kier molecular flexibility index (Phi) is 5.17. The average molecular weight is 111 g/mol. The molecular formula is C6H9NO. The van der Waals surface area contributed by atoms with Gasteiger partial charge in [-0.3, -0.25) is 4.79 Å². The van der Waals surface area contributed by atoms with Gasteiger partial charge in [-0.15, -0.1) is 0 Å². The molecule has 0 unspecified atom stereocenters. The minimum atomic E-state index is 0.736. The molecule has 0 heterocycles. The van der Waals surface area contributed by atoms with Gasteiger partial charge in [-0.25, -0.2) is 0 Å². The molecule has 0 fully saturated rings. The van der Waals surface area contributed by atoms with Gasteiger partial charge in [0, 0.05) is 7.05 Å². The Labute approximate surface area is 48.9 Å². The summed E-state index contributed by atoms with van der Waals surface area (Å²) in [5.41, 5.74) is 0. The SMILES string of the molecule is CN/C=C\C=C/C=O. The van der Waals surface area contributed by atoms with E-state index in [4.69, 9.17) is 0 Å². The second kappa shape index (κ2) is 5.95. The van der Waals surface area contributed by atoms with E-state index in [0.717, 1.165) is 6.29 Å². The molecule has 0 aliphatic heterocycles. The van der Waals surface area contributed by atoms with Crippen molar-refractivity contribution in [3.05, 3.63) is 24.4 Å². The van der Waals surface area contributed by atoms with E-state index in [0.29, 0.717) is 0 Å². The molecule has 0 bridgehead atoms. The van der Waals surface area contributed by atoms with Crippen LogP contribution in [0.4, 0.5) is 0 Å². The highest BCUT2D eigenvalue weighted by Gasteiger charge is 1.58. The number of hydrogen-bond donors (Lipinski definition) is 1. The zero-order valence-corrected chi connectivity index (χ0v) is 4.79. The highest BCUT2D eigenvalue weighted by molar-refractivity contribution is 5.65. The van der Waals surface area contributed by atoms with Crippen molar-refractivity contribution in [2.75, 3.05) is 7.05 Å². The summed E-state index contributed by atoms with van der Waals surface area (Å²) in [6, 6.07) is 0. The molecule has 0 aromatic rings. The van der Waals surface area contributed by atoms with Crippen LogP contribution in [-0.2, 0) is 4.79 Å². The molecule has 0 atom stereocenters. The lowest BCUT2D eigenvalue weighted by Gasteiger charge is -1.77. The van der Waals surface area contributed by atoms with Crippen LogP contribution in [0.15, 0.2) is 24.4 Å². The Hall–Kier alpha value is -1.05. The second-order valence-electron chi connectivity index (χ2n) is 1.17. The molecule has 0 spiro atoms. The summed E-state index contributed by atoms with van der Waals surface area (Å²) in [6.07, 6.45) is 7.30. The number of carbonyl (C=O) groups excluding carboxylic acids is 1. The maximum absolute atomic E-state index is 9.63. The monoisotopic (exact) mass is 111 g/mol. The standard InChI is InChI=1S/C6H9NO/c1-7-5-3-2-4-6-8/h2-7H,1H3/b4-2-,5-3-. The van der Waals surface area contributed by atoms with Crippen LogP contribution in [0.2, 0.25) is 0 Å². The molecule has 0 aliphatic carbocycles. The molecule has 0 aromatic heterocycles. The zero-order chi connectivity index (χ0) is 6.24. The van der Waals surface area contributed by atoms with Crippen molar-refractivity contribution in [2.24, 2.45) is 0 Å². The number of rotatable bonds is 3. The minimum Gasteiger partial charge on any atom is -0.394 e. The third kappa shape index (κ3) is 4.95. The quantitative estimate of drug-likeness (QED) is 0.326. The van der Waals surface area contributed by atoms with Crippen molar-refractivity contribution in [1.82, 2.24) is 5.32 Å². The maximum Gasteiger partial charge on any atom is 0.142 e. The fourth-order valence-electron chi connectivity index (χ4n) is 0.261. The molecule has 0 saturated heterocycles. The van der Waals surface area contributed by atoms with Crippen molar-refractivity contribution in [1.29, 1.82) is 0 Å². The van der Waals surface area contributed by atoms with Gasteiger partial charge < -0.3 is 5.32 Å². The van der Waals surface area contributed by atoms with Crippen molar-refractivity contribution in [3.63, 3.8) is 0 Å². The summed E-state index contributed by atoms with van der Waals surface area (Å²) >= 11 is 0. The number of aldehydes is 1. The Morgan fingerprint density at radius 1 is 1.25 bits per heavy atom. The van der Waals surface area contributed by atoms with Crippen LogP contribution in [0.25, 0.3) is 0 Å². The molecule has 0 aliphatic rings. The summed E-state index contributed by atoms with van der Waals surface area (Å²) < 4.78 is 0. The summed E-state index contributed by atoms with van der Waals surface area (Å²) in [7, 11) is 1.80. The third-order valence-corrected chi connectivity index (χ3v) is 0.564. The van der Waals surface area contributed by atoms with Gasteiger partial charge in [0.2, 0.25) is 0 Å². The van der Waals surface area contributed by atoms with Gasteiger partial charge in [-0.2, -0.15) is 0 Å². The van der Waals surface area contributed by atoms with E-state index in [2.05, 4.69) is 5.32 Å². The zero-order valence-electron chi connectivity index (χ0n) is 4.79. The molecule has 2 nitrogen and oxygen atoms in total. The van der Waals surface area contributed by atoms with E-state index in [1.165, 1.54) is 6.08 Å². The Morgan fingerprint density at radius 2 is 2.00 bits per heavy atom. The summed E-state index contributed by atoms with van der Waals surface area (Å²) in [5, 5.41) is 2.78. The van der Waals surface area contributed by atoms with E-state index in [1.54, 1.807) is 25.4 Å². The summed E-state index contributed by atoms with van der Waals surface area (Å²) in [4.78, 5) is 9.63. The number of carbonyl (C=O) groups is 1. The molecule has 2 heteroatoms. The topological polar surface area (TPSA) is 29.1 Å². The molecule has 0 aromatic carbocycles. The first-order valence-electron chi connectivity index (χ1n) is 2.36. The number of hydrogen-bond acceptors (Lipinski definition) is 2. The van der Waals surface area contributed by atoms with Gasteiger partial charge in [0.25, 0.3) is 0 Å². The summed E-state index contributed by atoms with van der Waals surface area (Å²) in [6.45, 7) is 0. The van der Waals surface area contributed by atoms with Crippen molar-refractivity contribution in [3.8, 4) is 0 Å². The first kappa shape index (κ1) is 6.95. The summed E-state index contributed by atoms with van der Waals surface area (Å²) in [5.74, 6) is 0. The minimum absolute atomic E-state index is 0.736. The molecule has 44 valence electrons. The smallest absolute Gasteiger partial charge is 0.142 e. The Balaban J connectivity index is 3.26. The van der Waals surface area contributed by atoms with Crippen LogP contribution in [-0.4, -0.2) is 13.3 Å². The Morgan fingerprint density at radius 3 is 2.50 bits per heavy atom. The second-order valence-corrected chi connectivity index (χ2v) is 1.17. The van der Waals surface area contributed by atoms with E-state index in [9.17, 15) is 4.79 Å². The third-order valence-electron chi connectivity index (χ3n) is 0.564. The fraction of sp³-hybridized carbons (Fsp3) is 0.167. The van der Waals surface area contributed by atoms with E-state index < -0.39 is 0 Å². The average Bonchev–Trinajstić information content (AvgIpc) is 1.81. The van der Waals surface area contributed by atoms with Gasteiger partial charge in [0.15, 0.2) is 0 Å².